The van der Waals surface area contributed by atoms with Crippen molar-refractivity contribution in [1.82, 2.24) is 10.2 Å². The van der Waals surface area contributed by atoms with Crippen LogP contribution in [0.2, 0.25) is 0 Å². The third-order valence-electron chi connectivity index (χ3n) is 3.96. The Kier molecular flexibility index (Phi) is 6.52. The largest absolute Gasteiger partial charge is 0.491 e. The first kappa shape index (κ1) is 16.3. The lowest BCUT2D eigenvalue weighted by Crippen LogP contribution is -2.41. The Labute approximate surface area is 129 Å². The van der Waals surface area contributed by atoms with Crippen LogP contribution in [0.4, 0.5) is 0 Å². The van der Waals surface area contributed by atoms with Gasteiger partial charge in [-0.15, -0.1) is 0 Å². The van der Waals surface area contributed by atoms with E-state index in [2.05, 4.69) is 49.2 Å². The number of para-hydroxylation sites is 1. The summed E-state index contributed by atoms with van der Waals surface area (Å²) >= 11 is 0. The van der Waals surface area contributed by atoms with E-state index in [1.54, 1.807) is 0 Å². The van der Waals surface area contributed by atoms with E-state index in [0.717, 1.165) is 18.8 Å². The maximum absolute atomic E-state index is 5.88. The van der Waals surface area contributed by atoms with Crippen molar-refractivity contribution in [3.63, 3.8) is 0 Å². The topological polar surface area (TPSA) is 24.5 Å². The fourth-order valence-corrected chi connectivity index (χ4v) is 2.90. The molecule has 0 spiro atoms. The molecule has 118 valence electrons. The summed E-state index contributed by atoms with van der Waals surface area (Å²) < 4.78 is 5.88. The van der Waals surface area contributed by atoms with Gasteiger partial charge in [0.15, 0.2) is 0 Å². The number of rotatable bonds is 7. The van der Waals surface area contributed by atoms with E-state index in [0.29, 0.717) is 6.04 Å². The van der Waals surface area contributed by atoms with Gasteiger partial charge in [0.2, 0.25) is 0 Å². The van der Waals surface area contributed by atoms with Crippen molar-refractivity contribution in [2.45, 2.75) is 58.7 Å². The van der Waals surface area contributed by atoms with Crippen LogP contribution in [0.15, 0.2) is 24.3 Å². The van der Waals surface area contributed by atoms with Gasteiger partial charge >= 0.3 is 0 Å². The van der Waals surface area contributed by atoms with Gasteiger partial charge < -0.3 is 15.0 Å². The lowest BCUT2D eigenvalue weighted by Gasteiger charge is -2.29. The van der Waals surface area contributed by atoms with Crippen LogP contribution in [-0.4, -0.2) is 36.7 Å². The molecule has 2 rings (SSSR count). The van der Waals surface area contributed by atoms with Gasteiger partial charge in [0.05, 0.1) is 6.10 Å². The lowest BCUT2D eigenvalue weighted by molar-refractivity contribution is 0.208. The van der Waals surface area contributed by atoms with E-state index in [-0.39, 0.29) is 6.10 Å². The fraction of sp³-hybridized carbons (Fsp3) is 0.667. The van der Waals surface area contributed by atoms with Crippen molar-refractivity contribution >= 4 is 0 Å². The highest BCUT2D eigenvalue weighted by Crippen LogP contribution is 2.19. The summed E-state index contributed by atoms with van der Waals surface area (Å²) in [7, 11) is 0. The molecule has 1 unspecified atom stereocenters. The molecule has 1 aliphatic rings. The molecule has 1 saturated heterocycles. The first-order valence-corrected chi connectivity index (χ1v) is 8.35. The maximum Gasteiger partial charge on any atom is 0.124 e. The molecule has 0 bridgehead atoms. The first-order chi connectivity index (χ1) is 10.1. The zero-order valence-electron chi connectivity index (χ0n) is 13.8. The Hall–Kier alpha value is -1.06. The summed E-state index contributed by atoms with van der Waals surface area (Å²) in [4.78, 5) is 2.58. The minimum Gasteiger partial charge on any atom is -0.491 e. The Morgan fingerprint density at radius 2 is 1.81 bits per heavy atom. The van der Waals surface area contributed by atoms with Gasteiger partial charge in [-0.1, -0.05) is 24.6 Å². The Balaban J connectivity index is 1.81. The molecule has 1 fully saturated rings. The highest BCUT2D eigenvalue weighted by atomic mass is 16.5. The summed E-state index contributed by atoms with van der Waals surface area (Å²) in [5.41, 5.74) is 1.25. The maximum atomic E-state index is 5.88. The average Bonchev–Trinajstić information content (AvgIpc) is 2.47. The number of hydrogen-bond donors (Lipinski definition) is 1. The summed E-state index contributed by atoms with van der Waals surface area (Å²) in [6.45, 7) is 11.0. The number of likely N-dealkylation sites (tertiary alicyclic amines) is 1. The molecule has 1 aliphatic heterocycles. The predicted octanol–water partition coefficient (Wildman–Crippen LogP) is 3.44. The van der Waals surface area contributed by atoms with Crippen LogP contribution in [0, 0.1) is 0 Å². The van der Waals surface area contributed by atoms with Crippen LogP contribution in [-0.2, 0) is 6.54 Å². The third-order valence-corrected chi connectivity index (χ3v) is 3.96. The van der Waals surface area contributed by atoms with Crippen LogP contribution in [0.25, 0.3) is 0 Å². The van der Waals surface area contributed by atoms with E-state index in [9.17, 15) is 0 Å². The Morgan fingerprint density at radius 3 is 2.52 bits per heavy atom. The number of ether oxygens (including phenoxy) is 1. The Morgan fingerprint density at radius 1 is 1.10 bits per heavy atom. The highest BCUT2D eigenvalue weighted by molar-refractivity contribution is 5.33. The van der Waals surface area contributed by atoms with E-state index in [1.807, 2.05) is 6.07 Å². The molecule has 0 aliphatic carbocycles. The number of hydrogen-bond acceptors (Lipinski definition) is 3. The molecule has 3 heteroatoms. The van der Waals surface area contributed by atoms with Gasteiger partial charge in [-0.2, -0.15) is 0 Å². The van der Waals surface area contributed by atoms with Gasteiger partial charge in [-0.3, -0.25) is 0 Å². The molecule has 0 amide bonds. The third kappa shape index (κ3) is 5.68. The molecule has 1 atom stereocenters. The van der Waals surface area contributed by atoms with Gasteiger partial charge in [-0.05, 0) is 52.8 Å². The van der Waals surface area contributed by atoms with Crippen molar-refractivity contribution < 1.29 is 4.74 Å². The predicted molar refractivity (Wildman–Crippen MR) is 88.8 cm³/mol. The Bertz CT molecular complexity index is 413. The number of benzene rings is 1. The zero-order valence-corrected chi connectivity index (χ0v) is 13.8. The van der Waals surface area contributed by atoms with E-state index in [4.69, 9.17) is 4.74 Å². The molecule has 0 aromatic heterocycles. The minimum absolute atomic E-state index is 0.219. The van der Waals surface area contributed by atoms with Crippen molar-refractivity contribution in [1.29, 1.82) is 0 Å². The monoisotopic (exact) mass is 290 g/mol. The minimum atomic E-state index is 0.219. The van der Waals surface area contributed by atoms with Crippen LogP contribution in [0.1, 0.15) is 45.6 Å². The standard InChI is InChI=1S/C18H30N2O/c1-15(2)21-18-10-6-5-9-17(18)13-19-16(3)14-20-11-7-4-8-12-20/h5-6,9-10,15-16,19H,4,7-8,11-14H2,1-3H3. The molecular formula is C18H30N2O. The molecule has 1 aromatic rings. The van der Waals surface area contributed by atoms with Crippen LogP contribution >= 0.6 is 0 Å². The number of nitrogens with zero attached hydrogens (tertiary/aromatic N) is 1. The SMILES string of the molecule is CC(CN1CCCCC1)NCc1ccccc1OC(C)C. The van der Waals surface area contributed by atoms with Gasteiger partial charge in [-0.25, -0.2) is 0 Å². The molecule has 1 N–H and O–H groups in total. The average molecular weight is 290 g/mol. The van der Waals surface area contributed by atoms with Crippen LogP contribution < -0.4 is 10.1 Å². The summed E-state index contributed by atoms with van der Waals surface area (Å²) in [6.07, 6.45) is 4.34. The molecular weight excluding hydrogens is 260 g/mol. The fourth-order valence-electron chi connectivity index (χ4n) is 2.90. The smallest absolute Gasteiger partial charge is 0.124 e. The number of nitrogens with one attached hydrogen (secondary N) is 1. The molecule has 3 nitrogen and oxygen atoms in total. The van der Waals surface area contributed by atoms with Gasteiger partial charge in [0, 0.05) is 24.7 Å². The number of piperidine rings is 1. The molecule has 0 radical (unpaired) electrons. The van der Waals surface area contributed by atoms with Gasteiger partial charge in [0.25, 0.3) is 0 Å². The van der Waals surface area contributed by atoms with Crippen LogP contribution in [0.5, 0.6) is 5.75 Å². The van der Waals surface area contributed by atoms with Crippen LogP contribution in [0.3, 0.4) is 0 Å². The summed E-state index contributed by atoms with van der Waals surface area (Å²) in [6, 6.07) is 8.85. The highest BCUT2D eigenvalue weighted by Gasteiger charge is 2.13. The first-order valence-electron chi connectivity index (χ1n) is 8.35. The summed E-state index contributed by atoms with van der Waals surface area (Å²) in [5, 5.41) is 3.64. The van der Waals surface area contributed by atoms with Gasteiger partial charge in [0.1, 0.15) is 5.75 Å². The normalized spacial score (nSPS) is 17.9. The molecule has 0 saturated carbocycles. The van der Waals surface area contributed by atoms with Crippen molar-refractivity contribution in [2.24, 2.45) is 0 Å². The molecule has 21 heavy (non-hydrogen) atoms. The van der Waals surface area contributed by atoms with E-state index < -0.39 is 0 Å². The second kappa shape index (κ2) is 8.40. The van der Waals surface area contributed by atoms with Crippen molar-refractivity contribution in [3.8, 4) is 5.75 Å². The molecule has 1 heterocycles. The lowest BCUT2D eigenvalue weighted by atomic mass is 10.1. The zero-order chi connectivity index (χ0) is 15.1. The van der Waals surface area contributed by atoms with Crippen molar-refractivity contribution in [3.05, 3.63) is 29.8 Å². The second-order valence-corrected chi connectivity index (χ2v) is 6.42. The van der Waals surface area contributed by atoms with E-state index >= 15 is 0 Å². The quantitative estimate of drug-likeness (QED) is 0.832. The molecule has 1 aromatic carbocycles. The second-order valence-electron chi connectivity index (χ2n) is 6.42. The van der Waals surface area contributed by atoms with Crippen molar-refractivity contribution in [2.75, 3.05) is 19.6 Å². The summed E-state index contributed by atoms with van der Waals surface area (Å²) in [5.74, 6) is 1.00. The van der Waals surface area contributed by atoms with E-state index in [1.165, 1.54) is 37.9 Å².